The van der Waals surface area contributed by atoms with Crippen LogP contribution >= 0.6 is 0 Å². The van der Waals surface area contributed by atoms with Gasteiger partial charge >= 0.3 is 6.03 Å². The van der Waals surface area contributed by atoms with Crippen LogP contribution in [0.1, 0.15) is 12.8 Å². The third-order valence-corrected chi connectivity index (χ3v) is 3.77. The molecule has 0 atom stereocenters. The van der Waals surface area contributed by atoms with Crippen LogP contribution in [0.4, 0.5) is 10.5 Å². The summed E-state index contributed by atoms with van der Waals surface area (Å²) >= 11 is 0. The number of anilines is 1. The van der Waals surface area contributed by atoms with Crippen molar-refractivity contribution in [3.63, 3.8) is 0 Å². The molecule has 3 aromatic rings. The van der Waals surface area contributed by atoms with Gasteiger partial charge in [0, 0.05) is 18.9 Å². The third kappa shape index (κ3) is 5.11. The van der Waals surface area contributed by atoms with Gasteiger partial charge in [-0.2, -0.15) is 5.10 Å². The van der Waals surface area contributed by atoms with Crippen LogP contribution in [-0.4, -0.2) is 29.0 Å². The lowest BCUT2D eigenvalue weighted by Crippen LogP contribution is -2.30. The predicted octanol–water partition coefficient (Wildman–Crippen LogP) is 3.85. The van der Waals surface area contributed by atoms with E-state index in [9.17, 15) is 4.79 Å². The minimum atomic E-state index is -0.228. The second-order valence-electron chi connectivity index (χ2n) is 5.72. The van der Waals surface area contributed by atoms with Gasteiger partial charge < -0.3 is 15.4 Å². The fourth-order valence-electron chi connectivity index (χ4n) is 2.49. The van der Waals surface area contributed by atoms with Gasteiger partial charge in [0.1, 0.15) is 5.75 Å². The van der Waals surface area contributed by atoms with E-state index in [0.717, 1.165) is 24.3 Å². The summed E-state index contributed by atoms with van der Waals surface area (Å²) in [5.41, 5.74) is 1.53. The van der Waals surface area contributed by atoms with Gasteiger partial charge in [-0.3, -0.25) is 0 Å². The fourth-order valence-corrected chi connectivity index (χ4v) is 2.49. The lowest BCUT2D eigenvalue weighted by atomic mass is 10.2. The maximum Gasteiger partial charge on any atom is 0.319 e. The summed E-state index contributed by atoms with van der Waals surface area (Å²) in [7, 11) is 0. The topological polar surface area (TPSA) is 68.2 Å². The highest BCUT2D eigenvalue weighted by Crippen LogP contribution is 2.18. The number of benzene rings is 2. The number of hydrogen-bond donors (Lipinski definition) is 2. The van der Waals surface area contributed by atoms with E-state index >= 15 is 0 Å². The number of para-hydroxylation sites is 3. The SMILES string of the molecule is O=C(NCCCCOc1ccccc1)Nc1ccccc1-n1cccn1. The minimum Gasteiger partial charge on any atom is -0.494 e. The molecule has 26 heavy (non-hydrogen) atoms. The Morgan fingerprint density at radius 3 is 2.62 bits per heavy atom. The lowest BCUT2D eigenvalue weighted by Gasteiger charge is -2.12. The first-order valence-corrected chi connectivity index (χ1v) is 8.65. The van der Waals surface area contributed by atoms with Crippen LogP contribution in [0.5, 0.6) is 5.75 Å². The van der Waals surface area contributed by atoms with Crippen LogP contribution in [0.3, 0.4) is 0 Å². The van der Waals surface area contributed by atoms with Gasteiger partial charge in [0.2, 0.25) is 0 Å². The molecule has 0 spiro atoms. The largest absolute Gasteiger partial charge is 0.494 e. The molecule has 0 saturated carbocycles. The molecular weight excluding hydrogens is 328 g/mol. The van der Waals surface area contributed by atoms with Crippen molar-refractivity contribution in [1.29, 1.82) is 0 Å². The van der Waals surface area contributed by atoms with Gasteiger partial charge in [-0.15, -0.1) is 0 Å². The Labute approximate surface area is 152 Å². The average molecular weight is 350 g/mol. The molecule has 0 saturated heterocycles. The zero-order valence-corrected chi connectivity index (χ0v) is 14.5. The average Bonchev–Trinajstić information content (AvgIpc) is 3.20. The Morgan fingerprint density at radius 1 is 1.00 bits per heavy atom. The quantitative estimate of drug-likeness (QED) is 0.606. The molecule has 3 rings (SSSR count). The fraction of sp³-hybridized carbons (Fsp3) is 0.200. The summed E-state index contributed by atoms with van der Waals surface area (Å²) in [5.74, 6) is 0.869. The molecule has 0 aliphatic rings. The number of aromatic nitrogens is 2. The molecule has 0 bridgehead atoms. The first-order chi connectivity index (χ1) is 12.8. The second kappa shape index (κ2) is 9.27. The van der Waals surface area contributed by atoms with E-state index in [1.807, 2.05) is 66.9 Å². The molecule has 0 fully saturated rings. The Morgan fingerprint density at radius 2 is 1.81 bits per heavy atom. The van der Waals surface area contributed by atoms with Gasteiger partial charge in [0.05, 0.1) is 18.0 Å². The van der Waals surface area contributed by atoms with Crippen molar-refractivity contribution < 1.29 is 9.53 Å². The highest BCUT2D eigenvalue weighted by molar-refractivity contribution is 5.91. The molecule has 134 valence electrons. The van der Waals surface area contributed by atoms with Crippen LogP contribution < -0.4 is 15.4 Å². The smallest absolute Gasteiger partial charge is 0.319 e. The van der Waals surface area contributed by atoms with E-state index in [4.69, 9.17) is 4.74 Å². The Hall–Kier alpha value is -3.28. The summed E-state index contributed by atoms with van der Waals surface area (Å²) in [4.78, 5) is 12.1. The molecule has 0 aliphatic carbocycles. The van der Waals surface area contributed by atoms with Crippen molar-refractivity contribution in [1.82, 2.24) is 15.1 Å². The molecule has 2 aromatic carbocycles. The van der Waals surface area contributed by atoms with E-state index in [0.29, 0.717) is 18.8 Å². The highest BCUT2D eigenvalue weighted by atomic mass is 16.5. The predicted molar refractivity (Wildman–Crippen MR) is 102 cm³/mol. The number of amides is 2. The van der Waals surface area contributed by atoms with Crippen molar-refractivity contribution in [2.75, 3.05) is 18.5 Å². The minimum absolute atomic E-state index is 0.228. The Kier molecular flexibility index (Phi) is 6.25. The van der Waals surface area contributed by atoms with Gasteiger partial charge in [-0.1, -0.05) is 30.3 Å². The molecule has 2 N–H and O–H groups in total. The molecule has 6 nitrogen and oxygen atoms in total. The first-order valence-electron chi connectivity index (χ1n) is 8.65. The number of rotatable bonds is 8. The summed E-state index contributed by atoms with van der Waals surface area (Å²) in [6.07, 6.45) is 5.26. The number of nitrogens with zero attached hydrogens (tertiary/aromatic N) is 2. The molecule has 2 amide bonds. The molecule has 0 aliphatic heterocycles. The summed E-state index contributed by atoms with van der Waals surface area (Å²) in [6, 6.07) is 18.9. The molecule has 0 radical (unpaired) electrons. The van der Waals surface area contributed by atoms with Gasteiger partial charge in [0.15, 0.2) is 0 Å². The number of hydrogen-bond acceptors (Lipinski definition) is 3. The number of urea groups is 1. The number of carbonyl (C=O) groups is 1. The van der Waals surface area contributed by atoms with E-state index in [2.05, 4.69) is 15.7 Å². The van der Waals surface area contributed by atoms with Crippen molar-refractivity contribution in [3.8, 4) is 11.4 Å². The monoisotopic (exact) mass is 350 g/mol. The van der Waals surface area contributed by atoms with Crippen LogP contribution in [0.15, 0.2) is 73.1 Å². The summed E-state index contributed by atoms with van der Waals surface area (Å²) in [5, 5.41) is 9.95. The van der Waals surface area contributed by atoms with E-state index in [-0.39, 0.29) is 6.03 Å². The Bertz CT molecular complexity index is 804. The van der Waals surface area contributed by atoms with Crippen LogP contribution in [0.2, 0.25) is 0 Å². The maximum atomic E-state index is 12.1. The standard InChI is InChI=1S/C20H22N4O2/c25-20(21-13-6-7-16-26-17-9-2-1-3-10-17)23-18-11-4-5-12-19(18)24-15-8-14-22-24/h1-5,8-12,14-15H,6-7,13,16H2,(H2,21,23,25). The first kappa shape index (κ1) is 17.5. The number of unbranched alkanes of at least 4 members (excludes halogenated alkanes) is 1. The van der Waals surface area contributed by atoms with Crippen molar-refractivity contribution >= 4 is 11.7 Å². The normalized spacial score (nSPS) is 10.3. The van der Waals surface area contributed by atoms with E-state index < -0.39 is 0 Å². The zero-order chi connectivity index (χ0) is 18.0. The molecule has 1 heterocycles. The zero-order valence-electron chi connectivity index (χ0n) is 14.5. The molecule has 1 aromatic heterocycles. The molecule has 6 heteroatoms. The van der Waals surface area contributed by atoms with Crippen molar-refractivity contribution in [3.05, 3.63) is 73.1 Å². The lowest BCUT2D eigenvalue weighted by molar-refractivity contribution is 0.251. The van der Waals surface area contributed by atoms with Crippen LogP contribution in [-0.2, 0) is 0 Å². The van der Waals surface area contributed by atoms with Crippen molar-refractivity contribution in [2.24, 2.45) is 0 Å². The highest BCUT2D eigenvalue weighted by Gasteiger charge is 2.07. The van der Waals surface area contributed by atoms with Crippen LogP contribution in [0, 0.1) is 0 Å². The number of ether oxygens (including phenoxy) is 1. The van der Waals surface area contributed by atoms with Gasteiger partial charge in [0.25, 0.3) is 0 Å². The summed E-state index contributed by atoms with van der Waals surface area (Å²) in [6.45, 7) is 1.23. The van der Waals surface area contributed by atoms with Gasteiger partial charge in [-0.25, -0.2) is 9.48 Å². The Balaban J connectivity index is 1.38. The van der Waals surface area contributed by atoms with Crippen molar-refractivity contribution in [2.45, 2.75) is 12.8 Å². The second-order valence-corrected chi connectivity index (χ2v) is 5.72. The number of carbonyl (C=O) groups excluding carboxylic acids is 1. The molecular formula is C20H22N4O2. The van der Waals surface area contributed by atoms with Gasteiger partial charge in [-0.05, 0) is 43.2 Å². The molecule has 0 unspecified atom stereocenters. The maximum absolute atomic E-state index is 12.1. The van der Waals surface area contributed by atoms with E-state index in [1.165, 1.54) is 0 Å². The summed E-state index contributed by atoms with van der Waals surface area (Å²) < 4.78 is 7.35. The van der Waals surface area contributed by atoms with E-state index in [1.54, 1.807) is 10.9 Å². The van der Waals surface area contributed by atoms with Crippen LogP contribution in [0.25, 0.3) is 5.69 Å². The third-order valence-electron chi connectivity index (χ3n) is 3.77. The number of nitrogens with one attached hydrogen (secondary N) is 2.